The molecule has 0 atom stereocenters. The number of thiocarbonyl (C=S) groups is 1. The summed E-state index contributed by atoms with van der Waals surface area (Å²) in [4.78, 5) is 16.8. The van der Waals surface area contributed by atoms with Gasteiger partial charge in [0.05, 0.1) is 12.0 Å². The molecule has 24 heavy (non-hydrogen) atoms. The number of carbonyl (C=O) groups excluding carboxylic acids is 1. The molecular weight excluding hydrogens is 340 g/mol. The molecular formula is C18H22N2O2S2. The highest BCUT2D eigenvalue weighted by Gasteiger charge is 2.31. The Balaban J connectivity index is 2.34. The van der Waals surface area contributed by atoms with Gasteiger partial charge in [-0.25, -0.2) is 0 Å². The summed E-state index contributed by atoms with van der Waals surface area (Å²) in [5.74, 6) is 0.660. The number of ether oxygens (including phenoxy) is 1. The van der Waals surface area contributed by atoms with Gasteiger partial charge in [0.25, 0.3) is 5.91 Å². The molecule has 6 heteroatoms. The number of benzene rings is 1. The van der Waals surface area contributed by atoms with Crippen molar-refractivity contribution in [3.05, 3.63) is 41.3 Å². The van der Waals surface area contributed by atoms with Crippen molar-refractivity contribution in [1.29, 1.82) is 0 Å². The Morgan fingerprint density at radius 3 is 2.67 bits per heavy atom. The van der Waals surface area contributed by atoms with Crippen LogP contribution in [-0.2, 0) is 4.79 Å². The van der Waals surface area contributed by atoms with Gasteiger partial charge in [-0.3, -0.25) is 9.69 Å². The molecule has 1 amide bonds. The highest BCUT2D eigenvalue weighted by atomic mass is 32.2. The van der Waals surface area contributed by atoms with Gasteiger partial charge < -0.3 is 9.64 Å². The lowest BCUT2D eigenvalue weighted by atomic mass is 10.1. The average Bonchev–Trinajstić information content (AvgIpc) is 2.85. The second-order valence-electron chi connectivity index (χ2n) is 5.18. The van der Waals surface area contributed by atoms with Crippen LogP contribution in [0.5, 0.6) is 5.75 Å². The van der Waals surface area contributed by atoms with Gasteiger partial charge in [-0.05, 0) is 32.1 Å². The molecule has 128 valence electrons. The number of thioether (sulfide) groups is 1. The summed E-state index contributed by atoms with van der Waals surface area (Å²) in [7, 11) is 1.64. The van der Waals surface area contributed by atoms with Crippen LogP contribution in [0.15, 0.2) is 35.8 Å². The molecule has 0 bridgehead atoms. The van der Waals surface area contributed by atoms with Gasteiger partial charge in [0.2, 0.25) is 0 Å². The smallest absolute Gasteiger partial charge is 0.266 e. The summed E-state index contributed by atoms with van der Waals surface area (Å²) in [5.41, 5.74) is 1.97. The Kier molecular flexibility index (Phi) is 6.45. The zero-order valence-corrected chi connectivity index (χ0v) is 15.9. The van der Waals surface area contributed by atoms with Crippen LogP contribution in [0.2, 0.25) is 0 Å². The average molecular weight is 363 g/mol. The van der Waals surface area contributed by atoms with Crippen LogP contribution in [-0.4, -0.2) is 41.9 Å². The molecule has 0 saturated carbocycles. The summed E-state index contributed by atoms with van der Waals surface area (Å²) in [6.07, 6.45) is 3.51. The van der Waals surface area contributed by atoms with Crippen LogP contribution in [0.25, 0.3) is 6.08 Å². The fourth-order valence-corrected chi connectivity index (χ4v) is 3.80. The van der Waals surface area contributed by atoms with Crippen LogP contribution in [0, 0.1) is 0 Å². The molecule has 0 unspecified atom stereocenters. The number of hydrogen-bond donors (Lipinski definition) is 0. The fraction of sp³-hybridized carbons (Fsp3) is 0.333. The summed E-state index contributed by atoms with van der Waals surface area (Å²) >= 11 is 6.58. The van der Waals surface area contributed by atoms with E-state index >= 15 is 0 Å². The number of anilines is 1. The summed E-state index contributed by atoms with van der Waals surface area (Å²) in [6.45, 7) is 10.2. The van der Waals surface area contributed by atoms with Gasteiger partial charge in [-0.15, -0.1) is 6.58 Å². The van der Waals surface area contributed by atoms with Crippen molar-refractivity contribution in [3.8, 4) is 5.75 Å². The number of nitrogens with zero attached hydrogens (tertiary/aromatic N) is 2. The molecule has 1 heterocycles. The lowest BCUT2D eigenvalue weighted by Crippen LogP contribution is -2.27. The van der Waals surface area contributed by atoms with Gasteiger partial charge in [0.1, 0.15) is 10.1 Å². The Morgan fingerprint density at radius 2 is 2.08 bits per heavy atom. The van der Waals surface area contributed by atoms with E-state index in [4.69, 9.17) is 17.0 Å². The Hall–Kier alpha value is -1.79. The first-order valence-corrected chi connectivity index (χ1v) is 9.07. The normalized spacial score (nSPS) is 16.0. The minimum absolute atomic E-state index is 0.0835. The van der Waals surface area contributed by atoms with Crippen LogP contribution in [0.4, 0.5) is 5.69 Å². The molecule has 1 saturated heterocycles. The topological polar surface area (TPSA) is 32.8 Å². The molecule has 0 aliphatic carbocycles. The minimum Gasteiger partial charge on any atom is -0.496 e. The van der Waals surface area contributed by atoms with Crippen molar-refractivity contribution in [1.82, 2.24) is 4.90 Å². The fourth-order valence-electron chi connectivity index (χ4n) is 2.53. The van der Waals surface area contributed by atoms with E-state index in [1.807, 2.05) is 24.3 Å². The minimum atomic E-state index is -0.0835. The maximum atomic E-state index is 12.4. The monoisotopic (exact) mass is 362 g/mol. The van der Waals surface area contributed by atoms with Crippen LogP contribution < -0.4 is 9.64 Å². The summed E-state index contributed by atoms with van der Waals surface area (Å²) in [5, 5.41) is 0. The highest BCUT2D eigenvalue weighted by Crippen LogP contribution is 2.35. The molecule has 0 aromatic heterocycles. The number of hydrogen-bond acceptors (Lipinski definition) is 5. The van der Waals surface area contributed by atoms with Gasteiger partial charge in [-0.1, -0.05) is 30.1 Å². The lowest BCUT2D eigenvalue weighted by molar-refractivity contribution is -0.121. The predicted molar refractivity (Wildman–Crippen MR) is 107 cm³/mol. The van der Waals surface area contributed by atoms with Crippen molar-refractivity contribution in [2.75, 3.05) is 31.6 Å². The van der Waals surface area contributed by atoms with Crippen LogP contribution in [0.1, 0.15) is 19.4 Å². The summed E-state index contributed by atoms with van der Waals surface area (Å²) < 4.78 is 6.08. The standard InChI is InChI=1S/C18H22N2O2S2/c1-5-10-20-17(21)16(24-18(20)23)11-13-8-9-14(12-15(13)22-4)19(6-2)7-3/h5,8-9,11-12H,1,6-7,10H2,2-4H3. The third-order valence-corrected chi connectivity index (χ3v) is 5.20. The van der Waals surface area contributed by atoms with E-state index < -0.39 is 0 Å². The van der Waals surface area contributed by atoms with Crippen molar-refractivity contribution >= 4 is 46.0 Å². The first kappa shape index (κ1) is 18.5. The van der Waals surface area contributed by atoms with Crippen molar-refractivity contribution in [2.24, 2.45) is 0 Å². The van der Waals surface area contributed by atoms with E-state index in [1.165, 1.54) is 11.8 Å². The maximum absolute atomic E-state index is 12.4. The van der Waals surface area contributed by atoms with E-state index in [9.17, 15) is 4.79 Å². The molecule has 1 aliphatic rings. The van der Waals surface area contributed by atoms with Gasteiger partial charge in [0, 0.05) is 37.0 Å². The molecule has 1 aliphatic heterocycles. The van der Waals surface area contributed by atoms with E-state index in [1.54, 1.807) is 18.1 Å². The summed E-state index contributed by atoms with van der Waals surface area (Å²) in [6, 6.07) is 6.03. The molecule has 0 radical (unpaired) electrons. The maximum Gasteiger partial charge on any atom is 0.266 e. The number of carbonyl (C=O) groups is 1. The first-order valence-electron chi connectivity index (χ1n) is 7.84. The van der Waals surface area contributed by atoms with Gasteiger partial charge in [0.15, 0.2) is 0 Å². The van der Waals surface area contributed by atoms with E-state index in [2.05, 4.69) is 25.3 Å². The Morgan fingerprint density at radius 1 is 1.38 bits per heavy atom. The second kappa shape index (κ2) is 8.35. The molecule has 1 aromatic carbocycles. The second-order valence-corrected chi connectivity index (χ2v) is 6.86. The zero-order chi connectivity index (χ0) is 17.7. The van der Waals surface area contributed by atoms with Crippen LogP contribution in [0.3, 0.4) is 0 Å². The largest absolute Gasteiger partial charge is 0.496 e. The number of rotatable bonds is 7. The quantitative estimate of drug-likeness (QED) is 0.417. The third-order valence-electron chi connectivity index (χ3n) is 3.82. The predicted octanol–water partition coefficient (Wildman–Crippen LogP) is 3.93. The number of methoxy groups -OCH3 is 1. The lowest BCUT2D eigenvalue weighted by Gasteiger charge is -2.22. The molecule has 1 fully saturated rings. The van der Waals surface area contributed by atoms with Crippen molar-refractivity contribution in [2.45, 2.75) is 13.8 Å². The Labute approximate surface area is 153 Å². The van der Waals surface area contributed by atoms with Crippen molar-refractivity contribution in [3.63, 3.8) is 0 Å². The zero-order valence-electron chi connectivity index (χ0n) is 14.2. The van der Waals surface area contributed by atoms with Gasteiger partial charge >= 0.3 is 0 Å². The van der Waals surface area contributed by atoms with E-state index in [0.717, 1.165) is 30.1 Å². The molecule has 0 spiro atoms. The number of amides is 1. The van der Waals surface area contributed by atoms with Gasteiger partial charge in [-0.2, -0.15) is 0 Å². The Bertz CT molecular complexity index is 682. The molecule has 1 aromatic rings. The van der Waals surface area contributed by atoms with E-state index in [0.29, 0.717) is 15.8 Å². The van der Waals surface area contributed by atoms with E-state index in [-0.39, 0.29) is 5.91 Å². The molecule has 2 rings (SSSR count). The highest BCUT2D eigenvalue weighted by molar-refractivity contribution is 8.26. The van der Waals surface area contributed by atoms with Crippen LogP contribution >= 0.6 is 24.0 Å². The third kappa shape index (κ3) is 3.82. The first-order chi connectivity index (χ1) is 11.5. The molecule has 4 nitrogen and oxygen atoms in total. The SMILES string of the molecule is C=CCN1C(=O)C(=Cc2ccc(N(CC)CC)cc2OC)SC1=S. The molecule has 0 N–H and O–H groups in total. The van der Waals surface area contributed by atoms with Crippen molar-refractivity contribution < 1.29 is 9.53 Å².